The molecule has 0 spiro atoms. The molecule has 0 aliphatic carbocycles. The van der Waals surface area contributed by atoms with Crippen molar-refractivity contribution >= 4 is 29.2 Å². The van der Waals surface area contributed by atoms with Crippen LogP contribution in [0.5, 0.6) is 0 Å². The first-order valence-corrected chi connectivity index (χ1v) is 4.50. The number of aliphatic imine (C=N–C) groups is 1. The Labute approximate surface area is 81.3 Å². The van der Waals surface area contributed by atoms with Crippen LogP contribution in [-0.2, 0) is 0 Å². The van der Waals surface area contributed by atoms with Crippen molar-refractivity contribution in [3.05, 3.63) is 24.3 Å². The van der Waals surface area contributed by atoms with E-state index >= 15 is 0 Å². The molecular formula is C9H9ClN2O. The summed E-state index contributed by atoms with van der Waals surface area (Å²) in [5.41, 5.74) is 1.71. The van der Waals surface area contributed by atoms with E-state index in [4.69, 9.17) is 11.6 Å². The van der Waals surface area contributed by atoms with Gasteiger partial charge < -0.3 is 10.0 Å². The summed E-state index contributed by atoms with van der Waals surface area (Å²) in [6.07, 6.45) is 0.762. The largest absolute Gasteiger partial charge is 0.368 e. The molecule has 1 atom stereocenters. The van der Waals surface area contributed by atoms with Gasteiger partial charge >= 0.3 is 0 Å². The normalized spacial score (nSPS) is 20.2. The first-order chi connectivity index (χ1) is 6.33. The Morgan fingerprint density at radius 1 is 1.46 bits per heavy atom. The third kappa shape index (κ3) is 1.41. The molecule has 13 heavy (non-hydrogen) atoms. The topological polar surface area (TPSA) is 35.8 Å². The Bertz CT molecular complexity index is 340. The number of aliphatic hydroxyl groups is 1. The molecule has 0 saturated heterocycles. The predicted molar refractivity (Wildman–Crippen MR) is 53.8 cm³/mol. The molecular weight excluding hydrogens is 188 g/mol. The molecule has 1 aromatic rings. The van der Waals surface area contributed by atoms with Crippen molar-refractivity contribution in [1.82, 2.24) is 0 Å². The van der Waals surface area contributed by atoms with E-state index in [0.29, 0.717) is 0 Å². The highest BCUT2D eigenvalue weighted by Crippen LogP contribution is 2.31. The van der Waals surface area contributed by atoms with E-state index in [1.807, 2.05) is 24.3 Å². The van der Waals surface area contributed by atoms with Crippen molar-refractivity contribution in [3.8, 4) is 0 Å². The first-order valence-electron chi connectivity index (χ1n) is 3.97. The average Bonchev–Trinajstić information content (AvgIpc) is 2.18. The maximum absolute atomic E-state index is 9.51. The van der Waals surface area contributed by atoms with Crippen LogP contribution < -0.4 is 4.90 Å². The van der Waals surface area contributed by atoms with Crippen LogP contribution in [0.1, 0.15) is 0 Å². The van der Waals surface area contributed by atoms with Gasteiger partial charge in [0.2, 0.25) is 0 Å². The maximum atomic E-state index is 9.51. The monoisotopic (exact) mass is 196 g/mol. The third-order valence-corrected chi connectivity index (χ3v) is 2.24. The van der Waals surface area contributed by atoms with Gasteiger partial charge in [0, 0.05) is 0 Å². The van der Waals surface area contributed by atoms with E-state index in [1.54, 1.807) is 4.90 Å². The molecule has 0 amide bonds. The SMILES string of the molecule is OC1C=Nc2ccccc2N1CCl. The van der Waals surface area contributed by atoms with E-state index in [1.165, 1.54) is 6.21 Å². The molecule has 0 bridgehead atoms. The van der Waals surface area contributed by atoms with Gasteiger partial charge in [-0.05, 0) is 12.1 Å². The van der Waals surface area contributed by atoms with E-state index in [9.17, 15) is 5.11 Å². The molecule has 0 fully saturated rings. The summed E-state index contributed by atoms with van der Waals surface area (Å²) in [5, 5.41) is 9.51. The summed E-state index contributed by atoms with van der Waals surface area (Å²) < 4.78 is 0. The average molecular weight is 197 g/mol. The number of halogens is 1. The molecule has 0 saturated carbocycles. The fraction of sp³-hybridized carbons (Fsp3) is 0.222. The number of rotatable bonds is 1. The molecule has 1 aromatic carbocycles. The van der Waals surface area contributed by atoms with Crippen LogP contribution in [-0.4, -0.2) is 23.6 Å². The van der Waals surface area contributed by atoms with Gasteiger partial charge in [0.1, 0.15) is 0 Å². The first kappa shape index (κ1) is 8.53. The number of benzene rings is 1. The third-order valence-electron chi connectivity index (χ3n) is 1.99. The van der Waals surface area contributed by atoms with Crippen LogP contribution in [0.2, 0.25) is 0 Å². The number of nitrogens with zero attached hydrogens (tertiary/aromatic N) is 2. The zero-order chi connectivity index (χ0) is 9.26. The number of aliphatic hydroxyl groups excluding tert-OH is 1. The van der Waals surface area contributed by atoms with Crippen LogP contribution in [0.4, 0.5) is 11.4 Å². The summed E-state index contributed by atoms with van der Waals surface area (Å²) >= 11 is 5.71. The van der Waals surface area contributed by atoms with Crippen molar-refractivity contribution in [2.45, 2.75) is 6.23 Å². The van der Waals surface area contributed by atoms with Gasteiger partial charge in [-0.3, -0.25) is 4.99 Å². The van der Waals surface area contributed by atoms with Crippen LogP contribution >= 0.6 is 11.6 Å². The second-order valence-corrected chi connectivity index (χ2v) is 3.01. The Morgan fingerprint density at radius 2 is 2.23 bits per heavy atom. The molecule has 4 heteroatoms. The number of para-hydroxylation sites is 2. The minimum atomic E-state index is -0.715. The Hall–Kier alpha value is -1.06. The molecule has 2 rings (SSSR count). The summed E-state index contributed by atoms with van der Waals surface area (Å²) in [7, 11) is 0. The lowest BCUT2D eigenvalue weighted by molar-refractivity contribution is 0.243. The number of fused-ring (bicyclic) bond motifs is 1. The molecule has 1 aliphatic rings. The Morgan fingerprint density at radius 3 is 3.00 bits per heavy atom. The van der Waals surface area contributed by atoms with Crippen LogP contribution in [0.15, 0.2) is 29.3 Å². The summed E-state index contributed by atoms with van der Waals surface area (Å²) in [5.74, 6) is 0. The highest BCUT2D eigenvalue weighted by molar-refractivity contribution is 6.19. The zero-order valence-corrected chi connectivity index (χ0v) is 7.65. The van der Waals surface area contributed by atoms with Crippen LogP contribution in [0, 0.1) is 0 Å². The lowest BCUT2D eigenvalue weighted by Gasteiger charge is -2.29. The lowest BCUT2D eigenvalue weighted by atomic mass is 10.2. The Balaban J connectivity index is 2.47. The lowest BCUT2D eigenvalue weighted by Crippen LogP contribution is -2.37. The summed E-state index contributed by atoms with van der Waals surface area (Å²) in [6, 6.07) is 7.82. The minimum Gasteiger partial charge on any atom is -0.368 e. The van der Waals surface area contributed by atoms with E-state index in [0.717, 1.165) is 11.4 Å². The van der Waals surface area contributed by atoms with Gasteiger partial charge in [0.15, 0.2) is 6.23 Å². The summed E-state index contributed by atoms with van der Waals surface area (Å²) in [6.45, 7) is 0. The second-order valence-electron chi connectivity index (χ2n) is 2.77. The number of hydrogen-bond donors (Lipinski definition) is 1. The number of anilines is 1. The highest BCUT2D eigenvalue weighted by Gasteiger charge is 2.19. The van der Waals surface area contributed by atoms with Gasteiger partial charge in [-0.2, -0.15) is 0 Å². The smallest absolute Gasteiger partial charge is 0.164 e. The van der Waals surface area contributed by atoms with Crippen molar-refractivity contribution in [3.63, 3.8) is 0 Å². The van der Waals surface area contributed by atoms with Crippen LogP contribution in [0.3, 0.4) is 0 Å². The van der Waals surface area contributed by atoms with E-state index in [-0.39, 0.29) is 6.00 Å². The van der Waals surface area contributed by atoms with Crippen molar-refractivity contribution < 1.29 is 5.11 Å². The number of alkyl halides is 1. The van der Waals surface area contributed by atoms with E-state index < -0.39 is 6.23 Å². The quantitative estimate of drug-likeness (QED) is 0.549. The van der Waals surface area contributed by atoms with Crippen molar-refractivity contribution in [2.24, 2.45) is 4.99 Å². The standard InChI is InChI=1S/C9H9ClN2O/c10-6-12-8-4-2-1-3-7(8)11-5-9(12)13/h1-5,9,13H,6H2. The van der Waals surface area contributed by atoms with Gasteiger partial charge in [0.05, 0.1) is 23.6 Å². The molecule has 1 aliphatic heterocycles. The molecule has 3 nitrogen and oxygen atoms in total. The second kappa shape index (κ2) is 3.36. The van der Waals surface area contributed by atoms with Gasteiger partial charge in [-0.1, -0.05) is 12.1 Å². The van der Waals surface area contributed by atoms with E-state index in [2.05, 4.69) is 4.99 Å². The van der Waals surface area contributed by atoms with Gasteiger partial charge in [-0.15, -0.1) is 11.6 Å². The maximum Gasteiger partial charge on any atom is 0.164 e. The molecule has 0 aromatic heterocycles. The summed E-state index contributed by atoms with van der Waals surface area (Å²) in [4.78, 5) is 5.77. The zero-order valence-electron chi connectivity index (χ0n) is 6.89. The molecule has 1 N–H and O–H groups in total. The molecule has 1 unspecified atom stereocenters. The fourth-order valence-corrected chi connectivity index (χ4v) is 1.59. The molecule has 0 radical (unpaired) electrons. The highest BCUT2D eigenvalue weighted by atomic mass is 35.5. The fourth-order valence-electron chi connectivity index (χ4n) is 1.32. The van der Waals surface area contributed by atoms with Crippen molar-refractivity contribution in [2.75, 3.05) is 10.9 Å². The van der Waals surface area contributed by atoms with Crippen molar-refractivity contribution in [1.29, 1.82) is 0 Å². The predicted octanol–water partition coefficient (Wildman–Crippen LogP) is 1.72. The molecule has 68 valence electrons. The minimum absolute atomic E-state index is 0.254. The Kier molecular flexibility index (Phi) is 2.20. The van der Waals surface area contributed by atoms with Gasteiger partial charge in [0.25, 0.3) is 0 Å². The van der Waals surface area contributed by atoms with Crippen LogP contribution in [0.25, 0.3) is 0 Å². The number of hydrogen-bond acceptors (Lipinski definition) is 3. The van der Waals surface area contributed by atoms with Gasteiger partial charge in [-0.25, -0.2) is 0 Å². The molecule has 1 heterocycles.